The number of carbonyl (C=O) groups excluding carboxylic acids is 2. The number of benzene rings is 2. The van der Waals surface area contributed by atoms with E-state index in [4.69, 9.17) is 16.3 Å². The van der Waals surface area contributed by atoms with E-state index in [0.717, 1.165) is 10.6 Å². The fourth-order valence-electron chi connectivity index (χ4n) is 3.58. The number of rotatable bonds is 10. The second kappa shape index (κ2) is 11.9. The van der Waals surface area contributed by atoms with Gasteiger partial charge in [0.05, 0.1) is 24.1 Å². The van der Waals surface area contributed by atoms with Crippen LogP contribution in [0.2, 0.25) is 5.02 Å². The van der Waals surface area contributed by atoms with E-state index in [1.165, 1.54) is 54.5 Å². The summed E-state index contributed by atoms with van der Waals surface area (Å²) in [7, 11) is -2.48. The lowest BCUT2D eigenvalue weighted by Crippen LogP contribution is -2.55. The first-order valence-corrected chi connectivity index (χ1v) is 13.6. The molecule has 0 radical (unpaired) electrons. The maximum atomic E-state index is 13.6. The summed E-state index contributed by atoms with van der Waals surface area (Å²) in [5, 5.41) is 3.06. The van der Waals surface area contributed by atoms with Crippen molar-refractivity contribution in [3.8, 4) is 5.75 Å². The number of nitrogens with zero attached hydrogens (tertiary/aromatic N) is 2. The Morgan fingerprint density at radius 1 is 1.14 bits per heavy atom. The summed E-state index contributed by atoms with van der Waals surface area (Å²) in [5.41, 5.74) is 0.212. The average molecular weight is 542 g/mol. The smallest absolute Gasteiger partial charge is 0.244 e. The zero-order chi connectivity index (χ0) is 27.3. The van der Waals surface area contributed by atoms with Crippen LogP contribution in [0.5, 0.6) is 5.75 Å². The average Bonchev–Trinajstić information content (AvgIpc) is 2.76. The van der Waals surface area contributed by atoms with Crippen LogP contribution in [0.3, 0.4) is 0 Å². The van der Waals surface area contributed by atoms with Gasteiger partial charge in [-0.3, -0.25) is 13.9 Å². The van der Waals surface area contributed by atoms with Crippen LogP contribution in [-0.2, 0) is 26.2 Å². The number of nitrogens with one attached hydrogen (secondary N) is 1. The molecule has 0 spiro atoms. The molecule has 2 aromatic carbocycles. The Kier molecular flexibility index (Phi) is 9.73. The predicted molar refractivity (Wildman–Crippen MR) is 139 cm³/mol. The minimum Gasteiger partial charge on any atom is -0.495 e. The molecule has 0 heterocycles. The molecule has 2 aromatic rings. The van der Waals surface area contributed by atoms with Gasteiger partial charge in [0.2, 0.25) is 21.8 Å². The van der Waals surface area contributed by atoms with Gasteiger partial charge in [0.1, 0.15) is 24.2 Å². The maximum Gasteiger partial charge on any atom is 0.244 e. The normalized spacial score (nSPS) is 12.6. The van der Waals surface area contributed by atoms with Gasteiger partial charge in [-0.15, -0.1) is 0 Å². The van der Waals surface area contributed by atoms with Crippen LogP contribution >= 0.6 is 11.6 Å². The zero-order valence-electron chi connectivity index (χ0n) is 21.3. The molecule has 0 saturated heterocycles. The molecular formula is C25H33ClFN3O5S. The molecule has 0 aliphatic carbocycles. The van der Waals surface area contributed by atoms with Crippen LogP contribution in [0, 0.1) is 5.82 Å². The minimum atomic E-state index is -3.91. The lowest BCUT2D eigenvalue weighted by atomic mass is 10.1. The number of halogens is 2. The van der Waals surface area contributed by atoms with Crippen molar-refractivity contribution in [1.29, 1.82) is 0 Å². The number of ether oxygens (including phenoxy) is 1. The minimum absolute atomic E-state index is 0.0177. The third-order valence-electron chi connectivity index (χ3n) is 5.25. The monoisotopic (exact) mass is 541 g/mol. The van der Waals surface area contributed by atoms with Gasteiger partial charge >= 0.3 is 0 Å². The quantitative estimate of drug-likeness (QED) is 0.491. The third-order valence-corrected chi connectivity index (χ3v) is 6.69. The molecule has 0 bridgehead atoms. The van der Waals surface area contributed by atoms with Crippen LogP contribution in [-0.4, -0.2) is 56.6 Å². The molecular weight excluding hydrogens is 509 g/mol. The fourth-order valence-corrected chi connectivity index (χ4v) is 4.68. The molecule has 0 aliphatic heterocycles. The van der Waals surface area contributed by atoms with E-state index in [0.29, 0.717) is 11.3 Å². The van der Waals surface area contributed by atoms with E-state index in [1.54, 1.807) is 6.92 Å². The van der Waals surface area contributed by atoms with Crippen LogP contribution in [0.4, 0.5) is 10.1 Å². The molecule has 11 heteroatoms. The molecule has 2 amide bonds. The lowest BCUT2D eigenvalue weighted by molar-refractivity contribution is -0.141. The van der Waals surface area contributed by atoms with E-state index in [9.17, 15) is 22.4 Å². The highest BCUT2D eigenvalue weighted by molar-refractivity contribution is 7.92. The SMILES string of the molecule is CCC(C(=O)NC(C)(C)C)N(Cc1ccc(F)cc1)C(=O)CN(c1ccc(OC)c(Cl)c1)S(C)(=O)=O. The van der Waals surface area contributed by atoms with Gasteiger partial charge in [-0.25, -0.2) is 12.8 Å². The second-order valence-corrected chi connectivity index (χ2v) is 11.7. The second-order valence-electron chi connectivity index (χ2n) is 9.40. The van der Waals surface area contributed by atoms with Gasteiger partial charge in [-0.1, -0.05) is 30.7 Å². The first-order valence-electron chi connectivity index (χ1n) is 11.3. The lowest BCUT2D eigenvalue weighted by Gasteiger charge is -2.34. The Bertz CT molecular complexity index is 1180. The fraction of sp³-hybridized carbons (Fsp3) is 0.440. The summed E-state index contributed by atoms with van der Waals surface area (Å²) in [5.74, 6) is -1.07. The molecule has 1 N–H and O–H groups in total. The molecule has 0 aliphatic rings. The van der Waals surface area contributed by atoms with Crippen molar-refractivity contribution in [2.45, 2.75) is 52.2 Å². The topological polar surface area (TPSA) is 96.0 Å². The number of hydrogen-bond acceptors (Lipinski definition) is 5. The van der Waals surface area contributed by atoms with E-state index < -0.39 is 39.9 Å². The van der Waals surface area contributed by atoms with Gasteiger partial charge < -0.3 is 15.0 Å². The first-order chi connectivity index (χ1) is 16.7. The summed E-state index contributed by atoms with van der Waals surface area (Å²) in [4.78, 5) is 28.1. The molecule has 8 nitrogen and oxygen atoms in total. The van der Waals surface area contributed by atoms with E-state index >= 15 is 0 Å². The predicted octanol–water partition coefficient (Wildman–Crippen LogP) is 3.98. The van der Waals surface area contributed by atoms with Crippen molar-refractivity contribution < 1.29 is 27.1 Å². The first kappa shape index (κ1) is 29.4. The number of amides is 2. The molecule has 36 heavy (non-hydrogen) atoms. The van der Waals surface area contributed by atoms with Crippen LogP contribution in [0.25, 0.3) is 0 Å². The van der Waals surface area contributed by atoms with Crippen molar-refractivity contribution in [2.24, 2.45) is 0 Å². The third kappa shape index (κ3) is 8.09. The van der Waals surface area contributed by atoms with Crippen LogP contribution < -0.4 is 14.4 Å². The van der Waals surface area contributed by atoms with E-state index in [1.807, 2.05) is 20.8 Å². The number of sulfonamides is 1. The number of methoxy groups -OCH3 is 1. The highest BCUT2D eigenvalue weighted by Crippen LogP contribution is 2.30. The molecule has 0 fully saturated rings. The van der Waals surface area contributed by atoms with Crippen molar-refractivity contribution in [3.05, 3.63) is 58.9 Å². The Balaban J connectivity index is 2.47. The van der Waals surface area contributed by atoms with E-state index in [-0.39, 0.29) is 29.6 Å². The van der Waals surface area contributed by atoms with Crippen molar-refractivity contribution >= 4 is 39.1 Å². The number of carbonyl (C=O) groups is 2. The standard InChI is InChI=1S/C25H33ClFN3O5S/c1-7-21(24(32)28-25(2,3)4)29(15-17-8-10-18(27)11-9-17)23(31)16-30(36(6,33)34)19-12-13-22(35-5)20(26)14-19/h8-14,21H,7,15-16H2,1-6H3,(H,28,32). The largest absolute Gasteiger partial charge is 0.495 e. The Morgan fingerprint density at radius 2 is 1.75 bits per heavy atom. The molecule has 2 rings (SSSR count). The molecule has 1 unspecified atom stereocenters. The van der Waals surface area contributed by atoms with Crippen molar-refractivity contribution in [2.75, 3.05) is 24.2 Å². The summed E-state index contributed by atoms with van der Waals surface area (Å²) >= 11 is 6.19. The van der Waals surface area contributed by atoms with Gasteiger partial charge in [0, 0.05) is 12.1 Å². The highest BCUT2D eigenvalue weighted by atomic mass is 35.5. The molecule has 1 atom stereocenters. The summed E-state index contributed by atoms with van der Waals surface area (Å²) in [6.45, 7) is 6.64. The summed E-state index contributed by atoms with van der Waals surface area (Å²) in [6, 6.07) is 9.04. The number of anilines is 1. The van der Waals surface area contributed by atoms with E-state index in [2.05, 4.69) is 5.32 Å². The molecule has 0 saturated carbocycles. The van der Waals surface area contributed by atoms with Gasteiger partial charge in [0.15, 0.2) is 0 Å². The Morgan fingerprint density at radius 3 is 2.22 bits per heavy atom. The summed E-state index contributed by atoms with van der Waals surface area (Å²) in [6.07, 6.45) is 1.26. The molecule has 0 aromatic heterocycles. The van der Waals surface area contributed by atoms with Crippen molar-refractivity contribution in [3.63, 3.8) is 0 Å². The Labute approximate surface area is 217 Å². The van der Waals surface area contributed by atoms with Gasteiger partial charge in [-0.2, -0.15) is 0 Å². The van der Waals surface area contributed by atoms with Gasteiger partial charge in [-0.05, 0) is 63.1 Å². The highest BCUT2D eigenvalue weighted by Gasteiger charge is 2.33. The number of hydrogen-bond donors (Lipinski definition) is 1. The maximum absolute atomic E-state index is 13.6. The van der Waals surface area contributed by atoms with Crippen molar-refractivity contribution in [1.82, 2.24) is 10.2 Å². The molecule has 198 valence electrons. The zero-order valence-corrected chi connectivity index (χ0v) is 22.9. The van der Waals surface area contributed by atoms with Crippen LogP contribution in [0.1, 0.15) is 39.7 Å². The Hall–Kier alpha value is -2.85. The summed E-state index contributed by atoms with van der Waals surface area (Å²) < 4.78 is 44.9. The van der Waals surface area contributed by atoms with Gasteiger partial charge in [0.25, 0.3) is 0 Å². The van der Waals surface area contributed by atoms with Crippen LogP contribution in [0.15, 0.2) is 42.5 Å².